The number of benzene rings is 2. The molecule has 0 aliphatic carbocycles. The van der Waals surface area contributed by atoms with Crippen LogP contribution in [0.25, 0.3) is 6.08 Å². The van der Waals surface area contributed by atoms with Gasteiger partial charge >= 0.3 is 0 Å². The van der Waals surface area contributed by atoms with Crippen LogP contribution in [-0.4, -0.2) is 11.9 Å². The number of amides is 1. The lowest BCUT2D eigenvalue weighted by Gasteiger charge is -2.30. The van der Waals surface area contributed by atoms with Gasteiger partial charge in [0.05, 0.1) is 11.8 Å². The second-order valence-corrected chi connectivity index (χ2v) is 5.11. The van der Waals surface area contributed by atoms with E-state index in [2.05, 4.69) is 6.07 Å². The van der Waals surface area contributed by atoms with Crippen molar-refractivity contribution in [1.29, 1.82) is 5.26 Å². The fourth-order valence-electron chi connectivity index (χ4n) is 2.35. The maximum Gasteiger partial charge on any atom is 0.259 e. The van der Waals surface area contributed by atoms with Crippen LogP contribution in [-0.2, 0) is 0 Å². The molecule has 1 atom stereocenters. The smallest absolute Gasteiger partial charge is 0.259 e. The number of anilines is 1. The maximum atomic E-state index is 12.7. The molecule has 0 saturated heterocycles. The van der Waals surface area contributed by atoms with Gasteiger partial charge in [-0.25, -0.2) is 0 Å². The molecule has 102 valence electrons. The van der Waals surface area contributed by atoms with Gasteiger partial charge in [-0.3, -0.25) is 9.69 Å². The first-order valence-electron chi connectivity index (χ1n) is 6.46. The van der Waals surface area contributed by atoms with Crippen LogP contribution >= 0.6 is 11.6 Å². The van der Waals surface area contributed by atoms with E-state index in [9.17, 15) is 10.1 Å². The third kappa shape index (κ3) is 2.42. The fraction of sp³-hybridized carbons (Fsp3) is 0.0588. The van der Waals surface area contributed by atoms with Crippen LogP contribution in [0, 0.1) is 11.3 Å². The first-order valence-corrected chi connectivity index (χ1v) is 6.84. The molecule has 2 aromatic carbocycles. The van der Waals surface area contributed by atoms with E-state index < -0.39 is 6.04 Å². The summed E-state index contributed by atoms with van der Waals surface area (Å²) in [6.45, 7) is 0. The summed E-state index contributed by atoms with van der Waals surface area (Å²) in [6.07, 6.45) is 3.60. The Labute approximate surface area is 127 Å². The number of nitrogens with zero attached hydrogens (tertiary/aromatic N) is 2. The Balaban J connectivity index is 2.06. The quantitative estimate of drug-likeness (QED) is 0.800. The van der Waals surface area contributed by atoms with Gasteiger partial charge in [0.1, 0.15) is 6.04 Å². The summed E-state index contributed by atoms with van der Waals surface area (Å²) < 4.78 is 0. The highest BCUT2D eigenvalue weighted by Gasteiger charge is 2.28. The average molecular weight is 295 g/mol. The van der Waals surface area contributed by atoms with E-state index in [0.29, 0.717) is 10.6 Å². The number of para-hydroxylation sites is 1. The number of hydrogen-bond acceptors (Lipinski definition) is 2. The molecule has 3 nitrogen and oxygen atoms in total. The van der Waals surface area contributed by atoms with Crippen molar-refractivity contribution >= 4 is 29.3 Å². The highest BCUT2D eigenvalue weighted by atomic mass is 35.5. The van der Waals surface area contributed by atoms with Gasteiger partial charge in [0, 0.05) is 10.6 Å². The third-order valence-corrected chi connectivity index (χ3v) is 3.63. The van der Waals surface area contributed by atoms with E-state index in [0.717, 1.165) is 11.3 Å². The molecule has 0 aromatic heterocycles. The van der Waals surface area contributed by atoms with E-state index in [1.54, 1.807) is 30.3 Å². The second kappa shape index (κ2) is 5.43. The molecule has 0 spiro atoms. The first kappa shape index (κ1) is 13.4. The zero-order chi connectivity index (χ0) is 14.8. The number of nitriles is 1. The van der Waals surface area contributed by atoms with Crippen molar-refractivity contribution in [1.82, 2.24) is 0 Å². The number of hydrogen-bond donors (Lipinski definition) is 0. The molecule has 0 fully saturated rings. The average Bonchev–Trinajstić information content (AvgIpc) is 2.53. The Hall–Kier alpha value is -2.57. The molecule has 0 radical (unpaired) electrons. The Morgan fingerprint density at radius 1 is 1.14 bits per heavy atom. The topological polar surface area (TPSA) is 44.1 Å². The zero-order valence-corrected chi connectivity index (χ0v) is 11.8. The monoisotopic (exact) mass is 294 g/mol. The van der Waals surface area contributed by atoms with Gasteiger partial charge in [0.25, 0.3) is 5.91 Å². The maximum absolute atomic E-state index is 12.7. The van der Waals surface area contributed by atoms with Gasteiger partial charge in [-0.15, -0.1) is 0 Å². The molecule has 1 heterocycles. The number of halogens is 1. The molecule has 0 bridgehead atoms. The van der Waals surface area contributed by atoms with Gasteiger partial charge in [-0.2, -0.15) is 5.26 Å². The van der Waals surface area contributed by atoms with E-state index in [4.69, 9.17) is 11.6 Å². The number of fused-ring (bicyclic) bond motifs is 1. The lowest BCUT2D eigenvalue weighted by Crippen LogP contribution is -2.40. The van der Waals surface area contributed by atoms with Crippen LogP contribution in [0.5, 0.6) is 0 Å². The Bertz CT molecular complexity index is 759. The third-order valence-electron chi connectivity index (χ3n) is 3.37. The summed E-state index contributed by atoms with van der Waals surface area (Å²) in [7, 11) is 0. The minimum absolute atomic E-state index is 0.213. The Kier molecular flexibility index (Phi) is 3.47. The standard InChI is InChI=1S/C17H11ClN2O/c18-14-8-5-13(6-9-14)17(21)20-15(11-19)10-7-12-3-1-2-4-16(12)20/h1-10,15H/t15-/m1/s1. The molecule has 0 unspecified atom stereocenters. The summed E-state index contributed by atoms with van der Waals surface area (Å²) in [5.74, 6) is -0.213. The molecule has 21 heavy (non-hydrogen) atoms. The van der Waals surface area contributed by atoms with Crippen LogP contribution in [0.3, 0.4) is 0 Å². The molecule has 4 heteroatoms. The second-order valence-electron chi connectivity index (χ2n) is 4.67. The van der Waals surface area contributed by atoms with Gasteiger partial charge in [-0.05, 0) is 42.0 Å². The van der Waals surface area contributed by atoms with Crippen LogP contribution in [0.1, 0.15) is 15.9 Å². The predicted molar refractivity (Wildman–Crippen MR) is 83.1 cm³/mol. The summed E-state index contributed by atoms with van der Waals surface area (Å²) in [5, 5.41) is 9.88. The van der Waals surface area contributed by atoms with Crippen molar-refractivity contribution in [2.75, 3.05) is 4.90 Å². The van der Waals surface area contributed by atoms with Crippen LogP contribution in [0.2, 0.25) is 5.02 Å². The van der Waals surface area contributed by atoms with E-state index >= 15 is 0 Å². The summed E-state index contributed by atoms with van der Waals surface area (Å²) in [5.41, 5.74) is 2.17. The Morgan fingerprint density at radius 3 is 2.57 bits per heavy atom. The molecule has 1 amide bonds. The summed E-state index contributed by atoms with van der Waals surface area (Å²) in [6, 6.07) is 15.7. The van der Waals surface area contributed by atoms with Crippen molar-refractivity contribution in [2.45, 2.75) is 6.04 Å². The molecule has 3 rings (SSSR count). The highest BCUT2D eigenvalue weighted by Crippen LogP contribution is 2.30. The van der Waals surface area contributed by atoms with Crippen molar-refractivity contribution < 1.29 is 4.79 Å². The van der Waals surface area contributed by atoms with Crippen molar-refractivity contribution in [3.8, 4) is 6.07 Å². The zero-order valence-electron chi connectivity index (χ0n) is 11.0. The fourth-order valence-corrected chi connectivity index (χ4v) is 2.47. The minimum Gasteiger partial charge on any atom is -0.288 e. The largest absolute Gasteiger partial charge is 0.288 e. The molecule has 1 aliphatic rings. The Morgan fingerprint density at radius 2 is 1.86 bits per heavy atom. The van der Waals surface area contributed by atoms with E-state index in [1.165, 1.54) is 4.90 Å². The molecular weight excluding hydrogens is 284 g/mol. The van der Waals surface area contributed by atoms with E-state index in [-0.39, 0.29) is 5.91 Å². The van der Waals surface area contributed by atoms with Crippen LogP contribution in [0.4, 0.5) is 5.69 Å². The van der Waals surface area contributed by atoms with Crippen molar-refractivity contribution in [3.63, 3.8) is 0 Å². The molecule has 1 aliphatic heterocycles. The van der Waals surface area contributed by atoms with Gasteiger partial charge in [-0.1, -0.05) is 35.9 Å². The number of rotatable bonds is 1. The number of carbonyl (C=O) groups is 1. The van der Waals surface area contributed by atoms with Crippen LogP contribution in [0.15, 0.2) is 54.6 Å². The normalized spacial score (nSPS) is 16.2. The molecule has 2 aromatic rings. The SMILES string of the molecule is N#C[C@H]1C=Cc2ccccc2N1C(=O)c1ccc(Cl)cc1. The molecule has 0 saturated carbocycles. The summed E-state index contributed by atoms with van der Waals surface area (Å²) in [4.78, 5) is 14.3. The molecule has 0 N–H and O–H groups in total. The molecular formula is C17H11ClN2O. The lowest BCUT2D eigenvalue weighted by molar-refractivity contribution is 0.0985. The van der Waals surface area contributed by atoms with Gasteiger partial charge in [0.15, 0.2) is 0 Å². The number of carbonyl (C=O) groups excluding carboxylic acids is 1. The predicted octanol–water partition coefficient (Wildman–Crippen LogP) is 3.91. The highest BCUT2D eigenvalue weighted by molar-refractivity contribution is 6.30. The first-order chi connectivity index (χ1) is 10.2. The van der Waals surface area contributed by atoms with Gasteiger partial charge in [0.2, 0.25) is 0 Å². The van der Waals surface area contributed by atoms with Crippen molar-refractivity contribution in [3.05, 3.63) is 70.8 Å². The van der Waals surface area contributed by atoms with E-state index in [1.807, 2.05) is 30.3 Å². The van der Waals surface area contributed by atoms with Crippen molar-refractivity contribution in [2.24, 2.45) is 0 Å². The lowest BCUT2D eigenvalue weighted by atomic mass is 10.0. The van der Waals surface area contributed by atoms with Gasteiger partial charge < -0.3 is 0 Å². The summed E-state index contributed by atoms with van der Waals surface area (Å²) >= 11 is 5.85. The van der Waals surface area contributed by atoms with Crippen LogP contribution < -0.4 is 4.90 Å². The minimum atomic E-state index is -0.608.